The maximum atomic E-state index is 12.8. The van der Waals surface area contributed by atoms with Gasteiger partial charge in [-0.25, -0.2) is 13.9 Å². The Labute approximate surface area is 200 Å². The molecule has 10 heteroatoms. The lowest BCUT2D eigenvalue weighted by molar-refractivity contribution is 0.0806. The van der Waals surface area contributed by atoms with E-state index in [-0.39, 0.29) is 11.5 Å². The molecule has 0 aliphatic carbocycles. The molecule has 33 heavy (non-hydrogen) atoms. The maximum Gasteiger partial charge on any atom is 0.165 e. The fourth-order valence-corrected chi connectivity index (χ4v) is 5.18. The molecule has 186 valence electrons. The van der Waals surface area contributed by atoms with Crippen LogP contribution in [-0.2, 0) is 31.3 Å². The van der Waals surface area contributed by atoms with Crippen LogP contribution in [0, 0.1) is 0 Å². The molecule has 0 radical (unpaired) electrons. The largest absolute Gasteiger partial charge is 0.377 e. The van der Waals surface area contributed by atoms with Crippen LogP contribution in [0.4, 0.5) is 11.5 Å². The van der Waals surface area contributed by atoms with Crippen LogP contribution in [-0.4, -0.2) is 72.0 Å². The second-order valence-corrected chi connectivity index (χ2v) is 19.7. The zero-order chi connectivity index (χ0) is 24.6. The third-order valence-corrected chi connectivity index (χ3v) is 7.91. The number of aromatic nitrogens is 3. The first-order valence-corrected chi connectivity index (χ1v) is 17.7. The fourth-order valence-electron chi connectivity index (χ4n) is 3.81. The number of fused-ring (bicyclic) bond motifs is 1. The van der Waals surface area contributed by atoms with E-state index in [0.29, 0.717) is 32.2 Å². The minimum Gasteiger partial charge on any atom is -0.377 e. The minimum atomic E-state index is -2.38. The van der Waals surface area contributed by atoms with Crippen molar-refractivity contribution in [1.82, 2.24) is 14.8 Å². The summed E-state index contributed by atoms with van der Waals surface area (Å²) in [4.78, 5) is 7.28. The van der Waals surface area contributed by atoms with Gasteiger partial charge in [0.15, 0.2) is 5.65 Å². The molecular formula is C23H41N5O3SSi. The molecule has 0 bridgehead atoms. The lowest BCUT2D eigenvalue weighted by Crippen LogP contribution is -2.44. The van der Waals surface area contributed by atoms with Crippen LogP contribution in [0.3, 0.4) is 0 Å². The Morgan fingerprint density at radius 1 is 1.30 bits per heavy atom. The summed E-state index contributed by atoms with van der Waals surface area (Å²) in [6, 6.07) is 3.25. The number of hydrogen-bond donors (Lipinski definition) is 0. The normalized spacial score (nSPS) is 18.2. The zero-order valence-electron chi connectivity index (χ0n) is 21.8. The summed E-state index contributed by atoms with van der Waals surface area (Å²) in [5.41, 5.74) is 2.07. The first-order valence-electron chi connectivity index (χ1n) is 11.7. The SMILES string of the molecule is C[C@@H]1COCCN1c1cc(N=S(C)(C)=O)c2c(C(C)(C)C)nn(COCC[Si](C)(C)C)c2n1. The monoisotopic (exact) mass is 495 g/mol. The molecule has 3 heterocycles. The van der Waals surface area contributed by atoms with Gasteiger partial charge in [-0.15, -0.1) is 0 Å². The summed E-state index contributed by atoms with van der Waals surface area (Å²) < 4.78 is 30.9. The van der Waals surface area contributed by atoms with Crippen LogP contribution in [0.1, 0.15) is 33.4 Å². The molecule has 0 spiro atoms. The van der Waals surface area contributed by atoms with Gasteiger partial charge in [0.1, 0.15) is 12.5 Å². The highest BCUT2D eigenvalue weighted by Gasteiger charge is 2.29. The molecule has 0 unspecified atom stereocenters. The maximum absolute atomic E-state index is 12.8. The Hall–Kier alpha value is -1.49. The molecule has 0 N–H and O–H groups in total. The van der Waals surface area contributed by atoms with Crippen molar-refractivity contribution in [3.05, 3.63) is 11.8 Å². The first-order chi connectivity index (χ1) is 15.2. The third-order valence-electron chi connectivity index (χ3n) is 5.57. The summed E-state index contributed by atoms with van der Waals surface area (Å²) in [5, 5.41) is 5.79. The van der Waals surface area contributed by atoms with E-state index in [4.69, 9.17) is 19.6 Å². The van der Waals surface area contributed by atoms with Crippen molar-refractivity contribution in [3.63, 3.8) is 0 Å². The van der Waals surface area contributed by atoms with Gasteiger partial charge in [-0.3, -0.25) is 0 Å². The molecule has 2 aromatic rings. The molecule has 2 aromatic heterocycles. The molecule has 1 aliphatic rings. The minimum absolute atomic E-state index is 0.190. The summed E-state index contributed by atoms with van der Waals surface area (Å²) in [6.07, 6.45) is 3.33. The number of rotatable bonds is 7. The van der Waals surface area contributed by atoms with E-state index in [2.05, 4.69) is 56.6 Å². The van der Waals surface area contributed by atoms with Crippen LogP contribution in [0.15, 0.2) is 10.4 Å². The van der Waals surface area contributed by atoms with Gasteiger partial charge in [-0.2, -0.15) is 9.46 Å². The third kappa shape index (κ3) is 6.77. The van der Waals surface area contributed by atoms with Gasteiger partial charge in [0.05, 0.1) is 36.0 Å². The van der Waals surface area contributed by atoms with E-state index in [9.17, 15) is 4.21 Å². The van der Waals surface area contributed by atoms with Crippen molar-refractivity contribution < 1.29 is 13.7 Å². The molecule has 3 rings (SSSR count). The fraction of sp³-hybridized carbons (Fsp3) is 0.739. The van der Waals surface area contributed by atoms with Crippen LogP contribution in [0.25, 0.3) is 11.0 Å². The Morgan fingerprint density at radius 2 is 2.00 bits per heavy atom. The van der Waals surface area contributed by atoms with Crippen LogP contribution >= 0.6 is 0 Å². The smallest absolute Gasteiger partial charge is 0.165 e. The van der Waals surface area contributed by atoms with Crippen molar-refractivity contribution in [2.45, 2.75) is 71.6 Å². The molecule has 0 saturated carbocycles. The van der Waals surface area contributed by atoms with Gasteiger partial charge in [-0.1, -0.05) is 40.4 Å². The topological polar surface area (TPSA) is 81.8 Å². The average molecular weight is 496 g/mol. The van der Waals surface area contributed by atoms with E-state index in [0.717, 1.165) is 35.1 Å². The van der Waals surface area contributed by atoms with Gasteiger partial charge in [0, 0.05) is 54.9 Å². The van der Waals surface area contributed by atoms with E-state index in [1.54, 1.807) is 12.5 Å². The number of nitrogens with zero attached hydrogens (tertiary/aromatic N) is 5. The number of ether oxygens (including phenoxy) is 2. The van der Waals surface area contributed by atoms with Crippen molar-refractivity contribution in [3.8, 4) is 0 Å². The highest BCUT2D eigenvalue weighted by molar-refractivity contribution is 7.92. The van der Waals surface area contributed by atoms with E-state index in [1.807, 2.05) is 10.7 Å². The Balaban J connectivity index is 2.16. The molecule has 0 aromatic carbocycles. The molecule has 1 saturated heterocycles. The Morgan fingerprint density at radius 3 is 2.58 bits per heavy atom. The van der Waals surface area contributed by atoms with Gasteiger partial charge >= 0.3 is 0 Å². The Bertz CT molecular complexity index is 1100. The van der Waals surface area contributed by atoms with Crippen molar-refractivity contribution in [2.24, 2.45) is 4.36 Å². The van der Waals surface area contributed by atoms with Crippen molar-refractivity contribution in [1.29, 1.82) is 0 Å². The number of morpholine rings is 1. The van der Waals surface area contributed by atoms with Crippen molar-refractivity contribution >= 4 is 40.3 Å². The summed E-state index contributed by atoms with van der Waals surface area (Å²) in [5.74, 6) is 0.810. The first kappa shape index (κ1) is 26.1. The molecule has 1 atom stereocenters. The van der Waals surface area contributed by atoms with Gasteiger partial charge in [0.25, 0.3) is 0 Å². The molecule has 1 aliphatic heterocycles. The van der Waals surface area contributed by atoms with E-state index < -0.39 is 17.8 Å². The number of pyridine rings is 1. The summed E-state index contributed by atoms with van der Waals surface area (Å²) >= 11 is 0. The van der Waals surface area contributed by atoms with Gasteiger partial charge in [-0.05, 0) is 13.0 Å². The number of anilines is 1. The van der Waals surface area contributed by atoms with Gasteiger partial charge < -0.3 is 14.4 Å². The predicted molar refractivity (Wildman–Crippen MR) is 140 cm³/mol. The van der Waals surface area contributed by atoms with Crippen molar-refractivity contribution in [2.75, 3.05) is 43.8 Å². The lowest BCUT2D eigenvalue weighted by atomic mass is 9.90. The van der Waals surface area contributed by atoms with E-state index in [1.165, 1.54) is 0 Å². The molecular weight excluding hydrogens is 454 g/mol. The van der Waals surface area contributed by atoms with Crippen LogP contribution < -0.4 is 4.90 Å². The highest BCUT2D eigenvalue weighted by Crippen LogP contribution is 2.38. The lowest BCUT2D eigenvalue weighted by Gasteiger charge is -2.34. The predicted octanol–water partition coefficient (Wildman–Crippen LogP) is 4.63. The Kier molecular flexibility index (Phi) is 7.62. The number of hydrogen-bond acceptors (Lipinski definition) is 7. The molecule has 8 nitrogen and oxygen atoms in total. The average Bonchev–Trinajstić information content (AvgIpc) is 3.03. The van der Waals surface area contributed by atoms with Gasteiger partial charge in [0.2, 0.25) is 0 Å². The molecule has 1 fully saturated rings. The zero-order valence-corrected chi connectivity index (χ0v) is 23.6. The van der Waals surface area contributed by atoms with E-state index >= 15 is 0 Å². The van der Waals surface area contributed by atoms with Crippen LogP contribution in [0.2, 0.25) is 25.7 Å². The summed E-state index contributed by atoms with van der Waals surface area (Å²) in [6.45, 7) is 18.6. The quantitative estimate of drug-likeness (QED) is 0.412. The molecule has 0 amide bonds. The second kappa shape index (κ2) is 9.63. The summed E-state index contributed by atoms with van der Waals surface area (Å²) in [7, 11) is -3.56. The standard InChI is InChI=1S/C23H41N5O3SSi/c1-17-15-30-11-10-27(17)19-14-18(26-32(5,6)29)20-21(23(2,3)4)25-28(22(20)24-19)16-31-12-13-33(7,8)9/h14,17H,10-13,15-16H2,1-9H3/t17-/m1/s1. The van der Waals surface area contributed by atoms with Crippen LogP contribution in [0.5, 0.6) is 0 Å². The highest BCUT2D eigenvalue weighted by atomic mass is 32.2. The second-order valence-electron chi connectivity index (χ2n) is 11.5.